The lowest BCUT2D eigenvalue weighted by Crippen LogP contribution is -2.53. The van der Waals surface area contributed by atoms with Crippen LogP contribution in [0.25, 0.3) is 0 Å². The molecule has 0 aliphatic carbocycles. The fourth-order valence-corrected chi connectivity index (χ4v) is 2.15. The molecule has 0 aliphatic heterocycles. The van der Waals surface area contributed by atoms with Gasteiger partial charge in [-0.2, -0.15) is 0 Å². The highest BCUT2D eigenvalue weighted by molar-refractivity contribution is 5.89. The predicted molar refractivity (Wildman–Crippen MR) is 102 cm³/mol. The highest BCUT2D eigenvalue weighted by Crippen LogP contribution is 2.12. The molecule has 1 rings (SSSR count). The van der Waals surface area contributed by atoms with Gasteiger partial charge in [-0.3, -0.25) is 4.79 Å². The second-order valence-corrected chi connectivity index (χ2v) is 7.69. The average molecular weight is 378 g/mol. The zero-order valence-electron chi connectivity index (χ0n) is 16.9. The van der Waals surface area contributed by atoms with Gasteiger partial charge >= 0.3 is 12.1 Å². The Kier molecular flexibility index (Phi) is 8.28. The monoisotopic (exact) mass is 378 g/mol. The lowest BCUT2D eigenvalue weighted by Gasteiger charge is -2.27. The molecule has 150 valence electrons. The Morgan fingerprint density at radius 1 is 1.00 bits per heavy atom. The molecule has 27 heavy (non-hydrogen) atoms. The Bertz CT molecular complexity index is 638. The maximum Gasteiger partial charge on any atom is 0.408 e. The minimum absolute atomic E-state index is 0.105. The minimum Gasteiger partial charge on any atom is -0.458 e. The third-order valence-corrected chi connectivity index (χ3v) is 3.57. The van der Waals surface area contributed by atoms with Crippen molar-refractivity contribution in [3.05, 3.63) is 35.9 Å². The Hall–Kier alpha value is -2.57. The summed E-state index contributed by atoms with van der Waals surface area (Å²) in [6.07, 6.45) is -0.708. The molecule has 0 aromatic heterocycles. The SMILES string of the molecule is CC(C)[C@H](NC(=O)[C@H](C)NC(=O)OCc1ccccc1)C(=O)OC(C)(C)C. The van der Waals surface area contributed by atoms with Gasteiger partial charge in [0.25, 0.3) is 0 Å². The van der Waals surface area contributed by atoms with Crippen molar-refractivity contribution in [1.29, 1.82) is 0 Å². The van der Waals surface area contributed by atoms with E-state index in [-0.39, 0.29) is 12.5 Å². The molecule has 0 fully saturated rings. The van der Waals surface area contributed by atoms with E-state index in [1.54, 1.807) is 34.6 Å². The Morgan fingerprint density at radius 3 is 2.11 bits per heavy atom. The number of rotatable bonds is 7. The molecule has 2 amide bonds. The van der Waals surface area contributed by atoms with Crippen LogP contribution >= 0.6 is 0 Å². The van der Waals surface area contributed by atoms with E-state index < -0.39 is 35.7 Å². The summed E-state index contributed by atoms with van der Waals surface area (Å²) in [7, 11) is 0. The third kappa shape index (κ3) is 8.57. The molecule has 7 heteroatoms. The zero-order chi connectivity index (χ0) is 20.6. The molecule has 0 bridgehead atoms. The maximum absolute atomic E-state index is 12.3. The molecular formula is C20H30N2O5. The third-order valence-electron chi connectivity index (χ3n) is 3.57. The topological polar surface area (TPSA) is 93.7 Å². The summed E-state index contributed by atoms with van der Waals surface area (Å²) >= 11 is 0. The van der Waals surface area contributed by atoms with Gasteiger partial charge in [0.1, 0.15) is 24.3 Å². The summed E-state index contributed by atoms with van der Waals surface area (Å²) in [5.41, 5.74) is 0.189. The van der Waals surface area contributed by atoms with Crippen LogP contribution in [0, 0.1) is 5.92 Å². The lowest BCUT2D eigenvalue weighted by atomic mass is 10.0. The smallest absolute Gasteiger partial charge is 0.408 e. The van der Waals surface area contributed by atoms with Crippen LogP contribution in [0.1, 0.15) is 47.1 Å². The fourth-order valence-electron chi connectivity index (χ4n) is 2.15. The van der Waals surface area contributed by atoms with E-state index in [1.165, 1.54) is 6.92 Å². The van der Waals surface area contributed by atoms with Crippen LogP contribution in [0.2, 0.25) is 0 Å². The number of esters is 1. The zero-order valence-corrected chi connectivity index (χ0v) is 16.9. The minimum atomic E-state index is -0.864. The van der Waals surface area contributed by atoms with Crippen LogP contribution in [0.5, 0.6) is 0 Å². The van der Waals surface area contributed by atoms with Crippen LogP contribution in [0.4, 0.5) is 4.79 Å². The molecule has 0 heterocycles. The number of alkyl carbamates (subject to hydrolysis) is 1. The van der Waals surface area contributed by atoms with E-state index in [2.05, 4.69) is 10.6 Å². The Balaban J connectivity index is 2.55. The van der Waals surface area contributed by atoms with Crippen LogP contribution in [-0.2, 0) is 25.7 Å². The first kappa shape index (κ1) is 22.5. The molecule has 2 N–H and O–H groups in total. The van der Waals surface area contributed by atoms with Gasteiger partial charge in [-0.15, -0.1) is 0 Å². The number of nitrogens with one attached hydrogen (secondary N) is 2. The number of benzene rings is 1. The molecule has 1 aromatic carbocycles. The second kappa shape index (κ2) is 9.94. The van der Waals surface area contributed by atoms with Gasteiger partial charge in [0.15, 0.2) is 0 Å². The highest BCUT2D eigenvalue weighted by atomic mass is 16.6. The summed E-state index contributed by atoms with van der Waals surface area (Å²) in [6.45, 7) is 10.5. The van der Waals surface area contributed by atoms with Crippen LogP contribution < -0.4 is 10.6 Å². The molecule has 0 unspecified atom stereocenters. The van der Waals surface area contributed by atoms with Gasteiger partial charge in [-0.05, 0) is 39.2 Å². The standard InChI is InChI=1S/C20H30N2O5/c1-13(2)16(18(24)27-20(4,5)6)22-17(23)14(3)21-19(25)26-12-15-10-8-7-9-11-15/h7-11,13-14,16H,12H2,1-6H3,(H,21,25)(H,22,23)/t14-,16-/m0/s1. The van der Waals surface area contributed by atoms with E-state index in [4.69, 9.17) is 9.47 Å². The number of hydrogen-bond donors (Lipinski definition) is 2. The van der Waals surface area contributed by atoms with Crippen LogP contribution in [-0.4, -0.2) is 35.7 Å². The van der Waals surface area contributed by atoms with Crippen molar-refractivity contribution in [2.24, 2.45) is 5.92 Å². The number of carbonyl (C=O) groups is 3. The van der Waals surface area contributed by atoms with Crippen molar-refractivity contribution in [3.8, 4) is 0 Å². The summed E-state index contributed by atoms with van der Waals surface area (Å²) in [6, 6.07) is 7.55. The second-order valence-electron chi connectivity index (χ2n) is 7.69. The van der Waals surface area contributed by atoms with E-state index >= 15 is 0 Å². The molecule has 0 aliphatic rings. The Morgan fingerprint density at radius 2 is 1.59 bits per heavy atom. The fraction of sp³-hybridized carbons (Fsp3) is 0.550. The van der Waals surface area contributed by atoms with Gasteiger partial charge < -0.3 is 20.1 Å². The van der Waals surface area contributed by atoms with Crippen LogP contribution in [0.3, 0.4) is 0 Å². The van der Waals surface area contributed by atoms with E-state index in [0.717, 1.165) is 5.56 Å². The molecule has 1 aromatic rings. The first-order chi connectivity index (χ1) is 12.5. The first-order valence-corrected chi connectivity index (χ1v) is 9.00. The maximum atomic E-state index is 12.3. The van der Waals surface area contributed by atoms with Crippen molar-refractivity contribution in [1.82, 2.24) is 10.6 Å². The van der Waals surface area contributed by atoms with Gasteiger partial charge in [-0.1, -0.05) is 44.2 Å². The largest absolute Gasteiger partial charge is 0.458 e. The normalized spacial score (nSPS) is 13.4. The van der Waals surface area contributed by atoms with Crippen molar-refractivity contribution in [2.75, 3.05) is 0 Å². The lowest BCUT2D eigenvalue weighted by molar-refractivity contribution is -0.160. The van der Waals surface area contributed by atoms with Crippen molar-refractivity contribution < 1.29 is 23.9 Å². The van der Waals surface area contributed by atoms with Crippen molar-refractivity contribution in [3.63, 3.8) is 0 Å². The van der Waals surface area contributed by atoms with Gasteiger partial charge in [-0.25, -0.2) is 9.59 Å². The van der Waals surface area contributed by atoms with Crippen molar-refractivity contribution in [2.45, 2.75) is 65.8 Å². The molecule has 2 atom stereocenters. The molecule has 0 radical (unpaired) electrons. The molecule has 0 saturated carbocycles. The van der Waals surface area contributed by atoms with Crippen LogP contribution in [0.15, 0.2) is 30.3 Å². The molecular weight excluding hydrogens is 348 g/mol. The number of carbonyl (C=O) groups excluding carboxylic acids is 3. The number of amides is 2. The van der Waals surface area contributed by atoms with Gasteiger partial charge in [0.2, 0.25) is 5.91 Å². The number of hydrogen-bond acceptors (Lipinski definition) is 5. The van der Waals surface area contributed by atoms with E-state index in [9.17, 15) is 14.4 Å². The predicted octanol–water partition coefficient (Wildman–Crippen LogP) is 2.78. The van der Waals surface area contributed by atoms with Crippen molar-refractivity contribution >= 4 is 18.0 Å². The molecule has 7 nitrogen and oxygen atoms in total. The van der Waals surface area contributed by atoms with E-state index in [1.807, 2.05) is 30.3 Å². The quantitative estimate of drug-likeness (QED) is 0.712. The number of ether oxygens (including phenoxy) is 2. The summed E-state index contributed by atoms with van der Waals surface area (Å²) < 4.78 is 10.4. The summed E-state index contributed by atoms with van der Waals surface area (Å²) in [5.74, 6) is -1.16. The highest BCUT2D eigenvalue weighted by Gasteiger charge is 2.30. The summed E-state index contributed by atoms with van der Waals surface area (Å²) in [5, 5.41) is 5.09. The van der Waals surface area contributed by atoms with Gasteiger partial charge in [0.05, 0.1) is 0 Å². The molecule has 0 spiro atoms. The average Bonchev–Trinajstić information content (AvgIpc) is 2.56. The molecule has 0 saturated heterocycles. The Labute approximate surface area is 160 Å². The van der Waals surface area contributed by atoms with Gasteiger partial charge in [0, 0.05) is 0 Å². The van der Waals surface area contributed by atoms with E-state index in [0.29, 0.717) is 0 Å². The summed E-state index contributed by atoms with van der Waals surface area (Å²) in [4.78, 5) is 36.5. The first-order valence-electron chi connectivity index (χ1n) is 9.00.